The quantitative estimate of drug-likeness (QED) is 0.838. The van der Waals surface area contributed by atoms with E-state index in [2.05, 4.69) is 24.1 Å². The molecule has 23 heavy (non-hydrogen) atoms. The van der Waals surface area contributed by atoms with Gasteiger partial charge in [-0.2, -0.15) is 0 Å². The topological polar surface area (TPSA) is 58.4 Å². The second-order valence-corrected chi connectivity index (χ2v) is 7.41. The molecule has 2 atom stereocenters. The number of halogens is 3. The summed E-state index contributed by atoms with van der Waals surface area (Å²) in [5, 5.41) is 3.65. The third-order valence-electron chi connectivity index (χ3n) is 4.48. The molecule has 1 aliphatic rings. The van der Waals surface area contributed by atoms with E-state index in [1.165, 1.54) is 0 Å². The second-order valence-electron chi connectivity index (χ2n) is 6.62. The van der Waals surface area contributed by atoms with Crippen molar-refractivity contribution >= 4 is 47.2 Å². The van der Waals surface area contributed by atoms with Crippen LogP contribution in [-0.2, 0) is 4.79 Å². The van der Waals surface area contributed by atoms with Crippen molar-refractivity contribution in [3.63, 3.8) is 0 Å². The van der Waals surface area contributed by atoms with Crippen LogP contribution in [0.15, 0.2) is 18.2 Å². The van der Waals surface area contributed by atoms with Crippen LogP contribution in [0.2, 0.25) is 10.0 Å². The number of rotatable bonds is 3. The number of likely N-dealkylation sites (tertiary alicyclic amines) is 1. The number of benzene rings is 1. The fraction of sp³-hybridized carbons (Fsp3) is 0.562. The molecule has 0 saturated carbocycles. The number of amides is 1. The van der Waals surface area contributed by atoms with Gasteiger partial charge < -0.3 is 11.1 Å². The zero-order valence-corrected chi connectivity index (χ0v) is 15.9. The van der Waals surface area contributed by atoms with E-state index < -0.39 is 0 Å². The van der Waals surface area contributed by atoms with E-state index in [9.17, 15) is 4.79 Å². The summed E-state index contributed by atoms with van der Waals surface area (Å²) in [4.78, 5) is 14.6. The average molecular weight is 381 g/mol. The van der Waals surface area contributed by atoms with Crippen molar-refractivity contribution in [2.75, 3.05) is 18.4 Å². The Hall–Kier alpha value is -0.520. The number of anilines is 1. The van der Waals surface area contributed by atoms with Gasteiger partial charge in [-0.05, 0) is 30.9 Å². The summed E-state index contributed by atoms with van der Waals surface area (Å²) in [6.45, 7) is 7.81. The van der Waals surface area contributed by atoms with Crippen molar-refractivity contribution in [3.8, 4) is 0 Å². The maximum absolute atomic E-state index is 12.5. The van der Waals surface area contributed by atoms with E-state index in [4.69, 9.17) is 28.9 Å². The van der Waals surface area contributed by atoms with Gasteiger partial charge in [-0.3, -0.25) is 9.69 Å². The molecule has 130 valence electrons. The van der Waals surface area contributed by atoms with Crippen LogP contribution >= 0.6 is 35.6 Å². The first-order valence-corrected chi connectivity index (χ1v) is 8.22. The highest BCUT2D eigenvalue weighted by atomic mass is 35.5. The minimum Gasteiger partial charge on any atom is -0.327 e. The first-order valence-electron chi connectivity index (χ1n) is 7.47. The fourth-order valence-electron chi connectivity index (χ4n) is 2.75. The molecule has 1 heterocycles. The summed E-state index contributed by atoms with van der Waals surface area (Å²) < 4.78 is 0. The van der Waals surface area contributed by atoms with E-state index in [-0.39, 0.29) is 35.8 Å². The monoisotopic (exact) mass is 379 g/mol. The van der Waals surface area contributed by atoms with Gasteiger partial charge in [0.2, 0.25) is 5.91 Å². The van der Waals surface area contributed by atoms with E-state index >= 15 is 0 Å². The minimum absolute atomic E-state index is 0. The fourth-order valence-corrected chi connectivity index (χ4v) is 3.10. The van der Waals surface area contributed by atoms with Crippen LogP contribution in [0, 0.1) is 5.41 Å². The average Bonchev–Trinajstić information content (AvgIpc) is 2.46. The molecule has 2 rings (SSSR count). The molecule has 1 saturated heterocycles. The highest BCUT2D eigenvalue weighted by Gasteiger charge is 2.36. The number of carbonyl (C=O) groups excluding carboxylic acids is 1. The summed E-state index contributed by atoms with van der Waals surface area (Å²) in [6.07, 6.45) is 0.891. The van der Waals surface area contributed by atoms with E-state index in [0.29, 0.717) is 15.7 Å². The number of nitrogens with two attached hydrogens (primary N) is 1. The Morgan fingerprint density at radius 1 is 1.43 bits per heavy atom. The summed E-state index contributed by atoms with van der Waals surface area (Å²) in [6, 6.07) is 5.12. The number of nitrogens with zero attached hydrogens (tertiary/aromatic N) is 1. The third-order valence-corrected chi connectivity index (χ3v) is 5.30. The van der Waals surface area contributed by atoms with Gasteiger partial charge in [-0.15, -0.1) is 12.4 Å². The molecule has 2 unspecified atom stereocenters. The lowest BCUT2D eigenvalue weighted by atomic mass is 9.79. The summed E-state index contributed by atoms with van der Waals surface area (Å²) in [5.74, 6) is -0.0876. The molecule has 1 aliphatic heterocycles. The molecular weight excluding hydrogens is 357 g/mol. The number of carbonyl (C=O) groups is 1. The van der Waals surface area contributed by atoms with Crippen LogP contribution in [-0.4, -0.2) is 36.0 Å². The van der Waals surface area contributed by atoms with Gasteiger partial charge in [0.05, 0.1) is 21.8 Å². The van der Waals surface area contributed by atoms with E-state index in [1.807, 2.05) is 6.92 Å². The lowest BCUT2D eigenvalue weighted by molar-refractivity contribution is -0.122. The zero-order chi connectivity index (χ0) is 16.5. The molecule has 1 fully saturated rings. The van der Waals surface area contributed by atoms with Gasteiger partial charge in [-0.25, -0.2) is 0 Å². The number of piperidine rings is 1. The first-order chi connectivity index (χ1) is 10.2. The van der Waals surface area contributed by atoms with Crippen LogP contribution < -0.4 is 11.1 Å². The van der Waals surface area contributed by atoms with Crippen molar-refractivity contribution in [2.24, 2.45) is 11.1 Å². The van der Waals surface area contributed by atoms with E-state index in [1.54, 1.807) is 18.2 Å². The van der Waals surface area contributed by atoms with E-state index in [0.717, 1.165) is 19.5 Å². The smallest absolute Gasteiger partial charge is 0.241 e. The highest BCUT2D eigenvalue weighted by molar-refractivity contribution is 6.44. The standard InChI is InChI=1S/C16H23Cl2N3O.ClH/c1-10(21-8-7-13(19)16(2,3)9-21)15(22)20-12-6-4-5-11(17)14(12)18;/h4-6,10,13H,7-9,19H2,1-3H3,(H,20,22);1H. The normalized spacial score (nSPS) is 22.1. The van der Waals surface area contributed by atoms with Gasteiger partial charge >= 0.3 is 0 Å². The Balaban J connectivity index is 0.00000264. The summed E-state index contributed by atoms with van der Waals surface area (Å²) in [7, 11) is 0. The van der Waals surface area contributed by atoms with Crippen LogP contribution in [0.5, 0.6) is 0 Å². The molecule has 1 aromatic rings. The molecular formula is C16H24Cl3N3O. The second kappa shape index (κ2) is 8.04. The Morgan fingerprint density at radius 2 is 2.09 bits per heavy atom. The number of hydrogen-bond acceptors (Lipinski definition) is 3. The third kappa shape index (κ3) is 4.74. The van der Waals surface area contributed by atoms with Gasteiger partial charge in [0.15, 0.2) is 0 Å². The highest BCUT2D eigenvalue weighted by Crippen LogP contribution is 2.31. The molecule has 0 spiro atoms. The van der Waals surface area contributed by atoms with Crippen LogP contribution in [0.1, 0.15) is 27.2 Å². The lowest BCUT2D eigenvalue weighted by Crippen LogP contribution is -2.56. The largest absolute Gasteiger partial charge is 0.327 e. The van der Waals surface area contributed by atoms with Crippen molar-refractivity contribution in [1.29, 1.82) is 0 Å². The maximum Gasteiger partial charge on any atom is 0.241 e. The maximum atomic E-state index is 12.5. The Labute approximate surface area is 154 Å². The molecule has 0 bridgehead atoms. The minimum atomic E-state index is -0.248. The predicted octanol–water partition coefficient (Wildman–Crippen LogP) is 3.80. The van der Waals surface area contributed by atoms with Crippen LogP contribution in [0.3, 0.4) is 0 Å². The van der Waals surface area contributed by atoms with Gasteiger partial charge in [0.25, 0.3) is 0 Å². The van der Waals surface area contributed by atoms with Crippen molar-refractivity contribution < 1.29 is 4.79 Å². The molecule has 1 amide bonds. The number of hydrogen-bond donors (Lipinski definition) is 2. The molecule has 0 radical (unpaired) electrons. The predicted molar refractivity (Wildman–Crippen MR) is 99.7 cm³/mol. The molecule has 4 nitrogen and oxygen atoms in total. The molecule has 0 aromatic heterocycles. The molecule has 0 aliphatic carbocycles. The molecule has 3 N–H and O–H groups in total. The van der Waals surface area contributed by atoms with Gasteiger partial charge in [-0.1, -0.05) is 43.1 Å². The molecule has 7 heteroatoms. The van der Waals surface area contributed by atoms with Crippen LogP contribution in [0.4, 0.5) is 5.69 Å². The Bertz CT molecular complexity index is 566. The van der Waals surface area contributed by atoms with Gasteiger partial charge in [0.1, 0.15) is 0 Å². The number of nitrogens with one attached hydrogen (secondary N) is 1. The Morgan fingerprint density at radius 3 is 2.70 bits per heavy atom. The zero-order valence-electron chi connectivity index (χ0n) is 13.6. The van der Waals surface area contributed by atoms with Crippen molar-refractivity contribution in [1.82, 2.24) is 4.90 Å². The van der Waals surface area contributed by atoms with Crippen molar-refractivity contribution in [3.05, 3.63) is 28.2 Å². The van der Waals surface area contributed by atoms with Crippen LogP contribution in [0.25, 0.3) is 0 Å². The van der Waals surface area contributed by atoms with Gasteiger partial charge in [0, 0.05) is 19.1 Å². The SMILES string of the molecule is CC(C(=O)Nc1cccc(Cl)c1Cl)N1CCC(N)C(C)(C)C1.Cl. The Kier molecular flexibility index (Phi) is 7.17. The first kappa shape index (κ1) is 20.5. The summed E-state index contributed by atoms with van der Waals surface area (Å²) >= 11 is 12.1. The summed E-state index contributed by atoms with van der Waals surface area (Å²) in [5.41, 5.74) is 6.69. The molecule has 1 aromatic carbocycles. The van der Waals surface area contributed by atoms with Crippen molar-refractivity contribution in [2.45, 2.75) is 39.3 Å². The lowest BCUT2D eigenvalue weighted by Gasteiger charge is -2.44.